The van der Waals surface area contributed by atoms with Gasteiger partial charge in [0, 0.05) is 23.2 Å². The topological polar surface area (TPSA) is 3.24 Å². The van der Waals surface area contributed by atoms with E-state index in [1.165, 1.54) is 10.9 Å². The van der Waals surface area contributed by atoms with Crippen LogP contribution < -0.4 is 4.90 Å². The number of rotatable bonds is 4. The highest BCUT2D eigenvalue weighted by Gasteiger charge is 2.11. The Morgan fingerprint density at radius 1 is 1.29 bits per heavy atom. The van der Waals surface area contributed by atoms with E-state index in [0.717, 1.165) is 12.2 Å². The van der Waals surface area contributed by atoms with Gasteiger partial charge in [-0.3, -0.25) is 0 Å². The predicted octanol–water partition coefficient (Wildman–Crippen LogP) is 4.26. The maximum Gasteiger partial charge on any atom is 0.129 e. The molecule has 0 unspecified atom stereocenters. The van der Waals surface area contributed by atoms with Crippen LogP contribution in [-0.2, 0) is 12.4 Å². The standard InChI is InChI=1S/C13H13ClFNS/c1-16(9-10-4-3-7-17-10)13-6-2-5-12(15)11(13)8-14/h2-7H,8-9H2,1H3. The summed E-state index contributed by atoms with van der Waals surface area (Å²) in [6.07, 6.45) is 0. The lowest BCUT2D eigenvalue weighted by Crippen LogP contribution is -2.17. The first kappa shape index (κ1) is 12.4. The molecule has 1 aromatic heterocycles. The number of hydrogen-bond acceptors (Lipinski definition) is 2. The van der Waals surface area contributed by atoms with E-state index in [1.807, 2.05) is 29.5 Å². The molecule has 1 nitrogen and oxygen atoms in total. The number of thiophene rings is 1. The summed E-state index contributed by atoms with van der Waals surface area (Å²) >= 11 is 7.49. The molecule has 2 rings (SSSR count). The van der Waals surface area contributed by atoms with Crippen molar-refractivity contribution >= 4 is 28.6 Å². The summed E-state index contributed by atoms with van der Waals surface area (Å²) in [5.41, 5.74) is 1.42. The maximum atomic E-state index is 13.6. The first-order valence-electron chi connectivity index (χ1n) is 5.29. The second-order valence-corrected chi connectivity index (χ2v) is 5.11. The van der Waals surface area contributed by atoms with Gasteiger partial charge in [-0.1, -0.05) is 12.1 Å². The third-order valence-corrected chi connectivity index (χ3v) is 3.74. The van der Waals surface area contributed by atoms with Gasteiger partial charge in [0.05, 0.1) is 12.4 Å². The molecule has 0 fully saturated rings. The maximum absolute atomic E-state index is 13.6. The highest BCUT2D eigenvalue weighted by atomic mass is 35.5. The molecule has 0 saturated carbocycles. The quantitative estimate of drug-likeness (QED) is 0.750. The number of benzene rings is 1. The lowest BCUT2D eigenvalue weighted by Gasteiger charge is -2.21. The van der Waals surface area contributed by atoms with Crippen LogP contribution in [0.2, 0.25) is 0 Å². The van der Waals surface area contributed by atoms with Gasteiger partial charge in [-0.2, -0.15) is 0 Å². The van der Waals surface area contributed by atoms with Crippen LogP contribution in [0.3, 0.4) is 0 Å². The van der Waals surface area contributed by atoms with E-state index in [2.05, 4.69) is 6.07 Å². The van der Waals surface area contributed by atoms with E-state index in [-0.39, 0.29) is 11.7 Å². The summed E-state index contributed by atoms with van der Waals surface area (Å²) in [6.45, 7) is 0.769. The van der Waals surface area contributed by atoms with Gasteiger partial charge in [-0.15, -0.1) is 22.9 Å². The molecule has 90 valence electrons. The molecule has 0 bridgehead atoms. The van der Waals surface area contributed by atoms with Crippen molar-refractivity contribution in [3.63, 3.8) is 0 Å². The molecular weight excluding hydrogens is 257 g/mol. The van der Waals surface area contributed by atoms with Crippen molar-refractivity contribution in [1.29, 1.82) is 0 Å². The van der Waals surface area contributed by atoms with Crippen molar-refractivity contribution in [2.24, 2.45) is 0 Å². The van der Waals surface area contributed by atoms with E-state index < -0.39 is 0 Å². The normalized spacial score (nSPS) is 10.5. The predicted molar refractivity (Wildman–Crippen MR) is 72.4 cm³/mol. The zero-order chi connectivity index (χ0) is 12.3. The highest BCUT2D eigenvalue weighted by Crippen LogP contribution is 2.26. The summed E-state index contributed by atoms with van der Waals surface area (Å²) in [5, 5.41) is 2.04. The number of anilines is 1. The third-order valence-electron chi connectivity index (χ3n) is 2.61. The van der Waals surface area contributed by atoms with Gasteiger partial charge in [0.1, 0.15) is 5.82 Å². The first-order chi connectivity index (χ1) is 8.22. The summed E-state index contributed by atoms with van der Waals surface area (Å²) in [4.78, 5) is 3.27. The Kier molecular flexibility index (Phi) is 4.02. The van der Waals surface area contributed by atoms with E-state index >= 15 is 0 Å². The van der Waals surface area contributed by atoms with Crippen LogP contribution in [0.25, 0.3) is 0 Å². The molecule has 0 aliphatic rings. The molecule has 4 heteroatoms. The van der Waals surface area contributed by atoms with E-state index in [9.17, 15) is 4.39 Å². The Morgan fingerprint density at radius 2 is 2.12 bits per heavy atom. The van der Waals surface area contributed by atoms with Gasteiger partial charge in [-0.05, 0) is 23.6 Å². The smallest absolute Gasteiger partial charge is 0.129 e. The van der Waals surface area contributed by atoms with Crippen molar-refractivity contribution < 1.29 is 4.39 Å². The van der Waals surface area contributed by atoms with Crippen molar-refractivity contribution in [2.45, 2.75) is 12.4 Å². The van der Waals surface area contributed by atoms with Crippen LogP contribution in [0.5, 0.6) is 0 Å². The lowest BCUT2D eigenvalue weighted by atomic mass is 10.1. The van der Waals surface area contributed by atoms with Crippen LogP contribution >= 0.6 is 22.9 Å². The fourth-order valence-electron chi connectivity index (χ4n) is 1.76. The summed E-state index contributed by atoms with van der Waals surface area (Å²) in [7, 11) is 1.95. The lowest BCUT2D eigenvalue weighted by molar-refractivity contribution is 0.616. The van der Waals surface area contributed by atoms with E-state index in [0.29, 0.717) is 5.56 Å². The van der Waals surface area contributed by atoms with Gasteiger partial charge in [0.2, 0.25) is 0 Å². The molecule has 0 aliphatic heterocycles. The van der Waals surface area contributed by atoms with Crippen molar-refractivity contribution in [1.82, 2.24) is 0 Å². The summed E-state index contributed by atoms with van der Waals surface area (Å²) < 4.78 is 13.6. The Balaban J connectivity index is 2.24. The fraction of sp³-hybridized carbons (Fsp3) is 0.231. The van der Waals surface area contributed by atoms with Crippen molar-refractivity contribution in [3.05, 3.63) is 52.0 Å². The van der Waals surface area contributed by atoms with Crippen LogP contribution in [0.1, 0.15) is 10.4 Å². The molecule has 1 heterocycles. The van der Waals surface area contributed by atoms with Crippen LogP contribution in [-0.4, -0.2) is 7.05 Å². The average molecular weight is 270 g/mol. The Labute approximate surface area is 109 Å². The van der Waals surface area contributed by atoms with Gasteiger partial charge in [0.25, 0.3) is 0 Å². The number of hydrogen-bond donors (Lipinski definition) is 0. The molecule has 0 N–H and O–H groups in total. The van der Waals surface area contributed by atoms with Gasteiger partial charge < -0.3 is 4.90 Å². The zero-order valence-electron chi connectivity index (χ0n) is 9.49. The second-order valence-electron chi connectivity index (χ2n) is 3.81. The van der Waals surface area contributed by atoms with Crippen LogP contribution in [0, 0.1) is 5.82 Å². The zero-order valence-corrected chi connectivity index (χ0v) is 11.1. The molecule has 0 saturated heterocycles. The fourth-order valence-corrected chi connectivity index (χ4v) is 2.78. The van der Waals surface area contributed by atoms with Crippen LogP contribution in [0.15, 0.2) is 35.7 Å². The number of nitrogens with zero attached hydrogens (tertiary/aromatic N) is 1. The van der Waals surface area contributed by atoms with Gasteiger partial charge >= 0.3 is 0 Å². The Morgan fingerprint density at radius 3 is 2.76 bits per heavy atom. The summed E-state index contributed by atoms with van der Waals surface area (Å²) in [5.74, 6) is -0.0490. The molecule has 1 aromatic carbocycles. The monoisotopic (exact) mass is 269 g/mol. The minimum Gasteiger partial charge on any atom is -0.369 e. The van der Waals surface area contributed by atoms with E-state index in [4.69, 9.17) is 11.6 Å². The van der Waals surface area contributed by atoms with E-state index in [1.54, 1.807) is 17.4 Å². The molecule has 2 aromatic rings. The molecule has 0 radical (unpaired) electrons. The molecule has 0 spiro atoms. The molecule has 0 atom stereocenters. The van der Waals surface area contributed by atoms with Gasteiger partial charge in [-0.25, -0.2) is 4.39 Å². The van der Waals surface area contributed by atoms with Crippen molar-refractivity contribution in [2.75, 3.05) is 11.9 Å². The SMILES string of the molecule is CN(Cc1cccs1)c1cccc(F)c1CCl. The Hall–Kier alpha value is -1.06. The largest absolute Gasteiger partial charge is 0.369 e. The van der Waals surface area contributed by atoms with Crippen LogP contribution in [0.4, 0.5) is 10.1 Å². The minimum absolute atomic E-state index is 0.191. The molecule has 0 aliphatic carbocycles. The molecule has 17 heavy (non-hydrogen) atoms. The summed E-state index contributed by atoms with van der Waals surface area (Å²) in [6, 6.07) is 9.14. The first-order valence-corrected chi connectivity index (χ1v) is 6.70. The Bertz CT molecular complexity index is 484. The highest BCUT2D eigenvalue weighted by molar-refractivity contribution is 7.09. The third kappa shape index (κ3) is 2.79. The minimum atomic E-state index is -0.240. The van der Waals surface area contributed by atoms with Gasteiger partial charge in [0.15, 0.2) is 0 Å². The number of halogens is 2. The molecule has 0 amide bonds. The number of alkyl halides is 1. The van der Waals surface area contributed by atoms with Crippen molar-refractivity contribution in [3.8, 4) is 0 Å². The average Bonchev–Trinajstić information content (AvgIpc) is 2.81. The second kappa shape index (κ2) is 5.52. The molecular formula is C13H13ClFNS.